The summed E-state index contributed by atoms with van der Waals surface area (Å²) in [6.07, 6.45) is -0.0539. The molecule has 8 heteroatoms. The second-order valence-electron chi connectivity index (χ2n) is 5.00. The molecule has 0 aromatic heterocycles. The van der Waals surface area contributed by atoms with Crippen LogP contribution >= 0.6 is 0 Å². The fourth-order valence-corrected chi connectivity index (χ4v) is 2.92. The van der Waals surface area contributed by atoms with Crippen molar-refractivity contribution in [3.8, 4) is 0 Å². The van der Waals surface area contributed by atoms with Gasteiger partial charge < -0.3 is 5.32 Å². The summed E-state index contributed by atoms with van der Waals surface area (Å²) in [5, 5.41) is 2.61. The largest absolute Gasteiger partial charge is 0.352 e. The van der Waals surface area contributed by atoms with Gasteiger partial charge in [0.05, 0.1) is 4.90 Å². The standard InChI is InChI=1S/C16H16F2N2O3S/c17-13-3-1-12(2-4-13)11-19-16(21)9-10-20-24(22,23)15-7-5-14(18)6-8-15/h1-8,20H,9-11H2,(H,19,21). The van der Waals surface area contributed by atoms with Gasteiger partial charge in [0.1, 0.15) is 11.6 Å². The fourth-order valence-electron chi connectivity index (χ4n) is 1.89. The first-order chi connectivity index (χ1) is 11.4. The molecule has 2 aromatic carbocycles. The van der Waals surface area contributed by atoms with Crippen molar-refractivity contribution in [3.05, 3.63) is 65.7 Å². The molecule has 0 fully saturated rings. The molecule has 0 spiro atoms. The minimum Gasteiger partial charge on any atom is -0.352 e. The first kappa shape index (κ1) is 18.0. The van der Waals surface area contributed by atoms with Crippen molar-refractivity contribution in [2.75, 3.05) is 6.54 Å². The molecule has 0 bridgehead atoms. The third-order valence-electron chi connectivity index (χ3n) is 3.17. The molecule has 0 saturated carbocycles. The number of hydrogen-bond donors (Lipinski definition) is 2. The van der Waals surface area contributed by atoms with Gasteiger partial charge in [0, 0.05) is 19.5 Å². The van der Waals surface area contributed by atoms with Gasteiger partial charge in [0.15, 0.2) is 0 Å². The molecular formula is C16H16F2N2O3S. The molecule has 0 atom stereocenters. The molecule has 0 aliphatic carbocycles. The van der Waals surface area contributed by atoms with Crippen molar-refractivity contribution >= 4 is 15.9 Å². The molecule has 5 nitrogen and oxygen atoms in total. The number of rotatable bonds is 7. The molecule has 0 heterocycles. The number of halogens is 2. The van der Waals surface area contributed by atoms with E-state index < -0.39 is 15.8 Å². The maximum absolute atomic E-state index is 12.8. The highest BCUT2D eigenvalue weighted by Gasteiger charge is 2.14. The lowest BCUT2D eigenvalue weighted by Gasteiger charge is -2.08. The van der Waals surface area contributed by atoms with Crippen molar-refractivity contribution in [1.29, 1.82) is 0 Å². The van der Waals surface area contributed by atoms with Crippen LogP contribution in [0.4, 0.5) is 8.78 Å². The van der Waals surface area contributed by atoms with Crippen molar-refractivity contribution in [1.82, 2.24) is 10.0 Å². The van der Waals surface area contributed by atoms with Gasteiger partial charge in [-0.2, -0.15) is 0 Å². The molecule has 0 saturated heterocycles. The van der Waals surface area contributed by atoms with E-state index in [1.54, 1.807) is 12.1 Å². The Morgan fingerprint density at radius 3 is 2.04 bits per heavy atom. The van der Waals surface area contributed by atoms with Gasteiger partial charge in [-0.05, 0) is 42.0 Å². The van der Waals surface area contributed by atoms with Gasteiger partial charge in [0.25, 0.3) is 0 Å². The average molecular weight is 354 g/mol. The van der Waals surface area contributed by atoms with Crippen LogP contribution in [-0.2, 0) is 21.4 Å². The number of nitrogens with one attached hydrogen (secondary N) is 2. The molecule has 0 radical (unpaired) electrons. The quantitative estimate of drug-likeness (QED) is 0.798. The van der Waals surface area contributed by atoms with Crippen LogP contribution in [0, 0.1) is 11.6 Å². The Kier molecular flexibility index (Phi) is 5.99. The number of benzene rings is 2. The van der Waals surface area contributed by atoms with E-state index in [0.717, 1.165) is 29.8 Å². The summed E-state index contributed by atoms with van der Waals surface area (Å²) in [5.74, 6) is -1.24. The number of amides is 1. The van der Waals surface area contributed by atoms with Gasteiger partial charge in [-0.1, -0.05) is 12.1 Å². The molecule has 128 valence electrons. The number of carbonyl (C=O) groups is 1. The summed E-state index contributed by atoms with van der Waals surface area (Å²) in [7, 11) is -3.78. The van der Waals surface area contributed by atoms with Gasteiger partial charge in [0.2, 0.25) is 15.9 Å². The third kappa shape index (κ3) is 5.39. The van der Waals surface area contributed by atoms with E-state index in [2.05, 4.69) is 10.0 Å². The van der Waals surface area contributed by atoms with Crippen molar-refractivity contribution < 1.29 is 22.0 Å². The summed E-state index contributed by atoms with van der Waals surface area (Å²) >= 11 is 0. The highest BCUT2D eigenvalue weighted by atomic mass is 32.2. The molecule has 24 heavy (non-hydrogen) atoms. The Morgan fingerprint density at radius 1 is 0.917 bits per heavy atom. The van der Waals surface area contributed by atoms with Crippen LogP contribution in [0.15, 0.2) is 53.4 Å². The molecule has 2 rings (SSSR count). The first-order valence-electron chi connectivity index (χ1n) is 7.13. The highest BCUT2D eigenvalue weighted by molar-refractivity contribution is 7.89. The van der Waals surface area contributed by atoms with E-state index in [1.807, 2.05) is 0 Å². The maximum atomic E-state index is 12.8. The second-order valence-corrected chi connectivity index (χ2v) is 6.77. The number of sulfonamides is 1. The molecule has 1 amide bonds. The van der Waals surface area contributed by atoms with E-state index in [4.69, 9.17) is 0 Å². The van der Waals surface area contributed by atoms with Crippen LogP contribution in [0.25, 0.3) is 0 Å². The lowest BCUT2D eigenvalue weighted by Crippen LogP contribution is -2.30. The summed E-state index contributed by atoms with van der Waals surface area (Å²) in [6.45, 7) is 0.138. The van der Waals surface area contributed by atoms with E-state index in [0.29, 0.717) is 0 Å². The Morgan fingerprint density at radius 2 is 1.46 bits per heavy atom. The molecule has 2 aromatic rings. The molecule has 2 N–H and O–H groups in total. The fraction of sp³-hybridized carbons (Fsp3) is 0.188. The second kappa shape index (κ2) is 7.98. The first-order valence-corrected chi connectivity index (χ1v) is 8.61. The van der Waals surface area contributed by atoms with Crippen LogP contribution in [0.5, 0.6) is 0 Å². The minimum absolute atomic E-state index is 0.0539. The third-order valence-corrected chi connectivity index (χ3v) is 4.65. The van der Waals surface area contributed by atoms with Crippen molar-refractivity contribution in [2.24, 2.45) is 0 Å². The van der Waals surface area contributed by atoms with Crippen LogP contribution in [0.3, 0.4) is 0 Å². The van der Waals surface area contributed by atoms with Gasteiger partial charge in [-0.15, -0.1) is 0 Å². The molecular weight excluding hydrogens is 338 g/mol. The predicted octanol–water partition coefficient (Wildman–Crippen LogP) is 1.95. The Hall–Kier alpha value is -2.32. The monoisotopic (exact) mass is 354 g/mol. The Bertz CT molecular complexity index is 791. The van der Waals surface area contributed by atoms with E-state index in [1.165, 1.54) is 12.1 Å². The average Bonchev–Trinajstić information content (AvgIpc) is 2.54. The number of carbonyl (C=O) groups excluding carboxylic acids is 1. The molecule has 0 unspecified atom stereocenters. The van der Waals surface area contributed by atoms with Crippen LogP contribution in [-0.4, -0.2) is 20.9 Å². The lowest BCUT2D eigenvalue weighted by atomic mass is 10.2. The van der Waals surface area contributed by atoms with Gasteiger partial charge in [-0.25, -0.2) is 21.9 Å². The summed E-state index contributed by atoms with van der Waals surface area (Å²) in [5.41, 5.74) is 0.733. The van der Waals surface area contributed by atoms with Crippen molar-refractivity contribution in [2.45, 2.75) is 17.9 Å². The zero-order valence-electron chi connectivity index (χ0n) is 12.6. The van der Waals surface area contributed by atoms with Gasteiger partial charge in [-0.3, -0.25) is 4.79 Å². The predicted molar refractivity (Wildman–Crippen MR) is 84.5 cm³/mol. The SMILES string of the molecule is O=C(CCNS(=O)(=O)c1ccc(F)cc1)NCc1ccc(F)cc1. The normalized spacial score (nSPS) is 11.2. The van der Waals surface area contributed by atoms with Crippen molar-refractivity contribution in [3.63, 3.8) is 0 Å². The van der Waals surface area contributed by atoms with Crippen LogP contribution in [0.2, 0.25) is 0 Å². The van der Waals surface area contributed by atoms with Crippen LogP contribution < -0.4 is 10.0 Å². The summed E-state index contributed by atoms with van der Waals surface area (Å²) < 4.78 is 51.7. The topological polar surface area (TPSA) is 75.3 Å². The molecule has 0 aliphatic rings. The zero-order chi connectivity index (χ0) is 17.6. The maximum Gasteiger partial charge on any atom is 0.240 e. The Balaban J connectivity index is 1.77. The minimum atomic E-state index is -3.78. The zero-order valence-corrected chi connectivity index (χ0v) is 13.4. The van der Waals surface area contributed by atoms with Gasteiger partial charge >= 0.3 is 0 Å². The smallest absolute Gasteiger partial charge is 0.240 e. The Labute approximate surface area is 138 Å². The summed E-state index contributed by atoms with van der Waals surface area (Å²) in [4.78, 5) is 11.6. The van der Waals surface area contributed by atoms with E-state index in [9.17, 15) is 22.0 Å². The number of hydrogen-bond acceptors (Lipinski definition) is 3. The summed E-state index contributed by atoms with van der Waals surface area (Å²) in [6, 6.07) is 10.1. The molecule has 0 aliphatic heterocycles. The van der Waals surface area contributed by atoms with E-state index >= 15 is 0 Å². The van der Waals surface area contributed by atoms with Crippen LogP contribution in [0.1, 0.15) is 12.0 Å². The highest BCUT2D eigenvalue weighted by Crippen LogP contribution is 2.09. The lowest BCUT2D eigenvalue weighted by molar-refractivity contribution is -0.121. The van der Waals surface area contributed by atoms with E-state index in [-0.39, 0.29) is 36.1 Å².